The highest BCUT2D eigenvalue weighted by Gasteiger charge is 2.18. The summed E-state index contributed by atoms with van der Waals surface area (Å²) in [6.07, 6.45) is 8.33. The van der Waals surface area contributed by atoms with E-state index in [4.69, 9.17) is 0 Å². The van der Waals surface area contributed by atoms with Crippen molar-refractivity contribution in [3.05, 3.63) is 77.9 Å². The predicted molar refractivity (Wildman–Crippen MR) is 140 cm³/mol. The summed E-state index contributed by atoms with van der Waals surface area (Å²) in [4.78, 5) is 27.1. The van der Waals surface area contributed by atoms with Gasteiger partial charge in [0, 0.05) is 36.8 Å². The zero-order valence-electron chi connectivity index (χ0n) is 20.7. The highest BCUT2D eigenvalue weighted by molar-refractivity contribution is 7.89. The van der Waals surface area contributed by atoms with Crippen molar-refractivity contribution in [2.75, 3.05) is 19.6 Å². The van der Waals surface area contributed by atoms with Gasteiger partial charge in [0.2, 0.25) is 10.0 Å². The molecule has 1 aliphatic heterocycles. The lowest BCUT2D eigenvalue weighted by Crippen LogP contribution is -2.39. The first-order valence-electron chi connectivity index (χ1n) is 12.3. The summed E-state index contributed by atoms with van der Waals surface area (Å²) in [7, 11) is -3.69. The molecule has 1 N–H and O–H groups in total. The Bertz CT molecular complexity index is 1360. The van der Waals surface area contributed by atoms with Gasteiger partial charge in [0.05, 0.1) is 10.5 Å². The van der Waals surface area contributed by atoms with E-state index in [-0.39, 0.29) is 16.3 Å². The highest BCUT2D eigenvalue weighted by atomic mass is 32.2. The third-order valence-corrected chi connectivity index (χ3v) is 7.79. The summed E-state index contributed by atoms with van der Waals surface area (Å²) in [6, 6.07) is 12.6. The number of nitrogens with zero attached hydrogens (tertiary/aromatic N) is 4. The van der Waals surface area contributed by atoms with Crippen molar-refractivity contribution in [2.24, 2.45) is 4.99 Å². The normalized spacial score (nSPS) is 16.8. The number of piperidine rings is 1. The Morgan fingerprint density at radius 2 is 1.95 bits per heavy atom. The summed E-state index contributed by atoms with van der Waals surface area (Å²) in [5, 5.41) is 0. The quantitative estimate of drug-likeness (QED) is 0.335. The number of likely N-dealkylation sites (tertiary alicyclic amines) is 1. The molecule has 1 unspecified atom stereocenters. The SMILES string of the molecule is CC1CCCCN1CCCNS(=O)(=O)c1cccc(C=NC(=O)c2cnc(-c3cccc(F)c3)nc2)c1. The van der Waals surface area contributed by atoms with Crippen LogP contribution in [0.25, 0.3) is 11.4 Å². The van der Waals surface area contributed by atoms with Crippen LogP contribution in [0, 0.1) is 5.82 Å². The van der Waals surface area contributed by atoms with E-state index in [0.29, 0.717) is 23.7 Å². The Hall–Kier alpha value is -3.34. The lowest BCUT2D eigenvalue weighted by atomic mass is 10.0. The molecule has 1 saturated heterocycles. The van der Waals surface area contributed by atoms with Crippen LogP contribution in [0.3, 0.4) is 0 Å². The Balaban J connectivity index is 1.34. The number of hydrogen-bond acceptors (Lipinski definition) is 6. The number of carbonyl (C=O) groups excluding carboxylic acids is 1. The number of aromatic nitrogens is 2. The Kier molecular flexibility index (Phi) is 8.86. The van der Waals surface area contributed by atoms with Gasteiger partial charge in [-0.1, -0.05) is 30.7 Å². The van der Waals surface area contributed by atoms with Gasteiger partial charge in [-0.05, 0) is 69.1 Å². The molecule has 1 fully saturated rings. The number of amides is 1. The van der Waals surface area contributed by atoms with Crippen LogP contribution in [0.5, 0.6) is 0 Å². The molecule has 37 heavy (non-hydrogen) atoms. The van der Waals surface area contributed by atoms with Crippen LogP contribution in [0.4, 0.5) is 4.39 Å². The molecule has 1 atom stereocenters. The maximum atomic E-state index is 13.4. The van der Waals surface area contributed by atoms with Gasteiger partial charge in [-0.15, -0.1) is 0 Å². The average Bonchev–Trinajstić information content (AvgIpc) is 2.91. The number of halogens is 1. The Labute approximate surface area is 216 Å². The second kappa shape index (κ2) is 12.3. The van der Waals surface area contributed by atoms with Crippen LogP contribution in [0.2, 0.25) is 0 Å². The van der Waals surface area contributed by atoms with Crippen LogP contribution < -0.4 is 4.72 Å². The van der Waals surface area contributed by atoms with E-state index in [9.17, 15) is 17.6 Å². The van der Waals surface area contributed by atoms with E-state index in [1.807, 2.05) is 0 Å². The van der Waals surface area contributed by atoms with Gasteiger partial charge in [-0.2, -0.15) is 0 Å². The largest absolute Gasteiger partial charge is 0.301 e. The number of rotatable bonds is 9. The first kappa shape index (κ1) is 26.7. The fourth-order valence-corrected chi connectivity index (χ4v) is 5.38. The molecule has 8 nitrogen and oxygen atoms in total. The van der Waals surface area contributed by atoms with E-state index >= 15 is 0 Å². The fraction of sp³-hybridized carbons (Fsp3) is 0.333. The molecule has 4 rings (SSSR count). The molecule has 0 spiro atoms. The van der Waals surface area contributed by atoms with Crippen LogP contribution >= 0.6 is 0 Å². The second-order valence-electron chi connectivity index (χ2n) is 9.07. The van der Waals surface area contributed by atoms with Crippen molar-refractivity contribution in [3.63, 3.8) is 0 Å². The minimum atomic E-state index is -3.69. The molecule has 1 aliphatic rings. The molecule has 0 aliphatic carbocycles. The molecule has 0 bridgehead atoms. The summed E-state index contributed by atoms with van der Waals surface area (Å²) in [6.45, 7) is 4.51. The highest BCUT2D eigenvalue weighted by Crippen LogP contribution is 2.17. The van der Waals surface area contributed by atoms with Crippen molar-refractivity contribution < 1.29 is 17.6 Å². The first-order chi connectivity index (χ1) is 17.8. The fourth-order valence-electron chi connectivity index (χ4n) is 4.25. The Morgan fingerprint density at radius 3 is 2.70 bits per heavy atom. The topological polar surface area (TPSA) is 105 Å². The second-order valence-corrected chi connectivity index (χ2v) is 10.8. The van der Waals surface area contributed by atoms with Crippen molar-refractivity contribution in [2.45, 2.75) is 43.5 Å². The van der Waals surface area contributed by atoms with Gasteiger partial charge < -0.3 is 4.90 Å². The van der Waals surface area contributed by atoms with Crippen molar-refractivity contribution in [1.29, 1.82) is 0 Å². The van der Waals surface area contributed by atoms with Crippen molar-refractivity contribution in [1.82, 2.24) is 19.6 Å². The summed E-state index contributed by atoms with van der Waals surface area (Å²) in [5.74, 6) is -0.697. The summed E-state index contributed by atoms with van der Waals surface area (Å²) < 4.78 is 41.6. The maximum absolute atomic E-state index is 13.4. The van der Waals surface area contributed by atoms with Gasteiger partial charge in [0.1, 0.15) is 5.82 Å². The number of carbonyl (C=O) groups is 1. The van der Waals surface area contributed by atoms with Crippen molar-refractivity contribution in [3.8, 4) is 11.4 Å². The number of aliphatic imine (C=N–C) groups is 1. The number of benzene rings is 2. The van der Waals surface area contributed by atoms with Crippen molar-refractivity contribution >= 4 is 22.1 Å². The molecule has 1 amide bonds. The minimum Gasteiger partial charge on any atom is -0.301 e. The summed E-state index contributed by atoms with van der Waals surface area (Å²) in [5.41, 5.74) is 1.12. The van der Waals surface area contributed by atoms with Gasteiger partial charge in [-0.3, -0.25) is 4.79 Å². The zero-order valence-corrected chi connectivity index (χ0v) is 21.5. The molecular weight excluding hydrogens is 493 g/mol. The third kappa shape index (κ3) is 7.34. The molecule has 0 saturated carbocycles. The van der Waals surface area contributed by atoms with E-state index < -0.39 is 21.7 Å². The first-order valence-corrected chi connectivity index (χ1v) is 13.8. The maximum Gasteiger partial charge on any atom is 0.280 e. The van der Waals surface area contributed by atoms with E-state index in [0.717, 1.165) is 19.5 Å². The van der Waals surface area contributed by atoms with Crippen LogP contribution in [-0.4, -0.2) is 61.1 Å². The van der Waals surface area contributed by atoms with Gasteiger partial charge in [-0.25, -0.2) is 32.5 Å². The smallest absolute Gasteiger partial charge is 0.280 e. The predicted octanol–water partition coefficient (Wildman–Crippen LogP) is 4.08. The molecule has 10 heteroatoms. The molecule has 194 valence electrons. The molecule has 2 heterocycles. The number of sulfonamides is 1. The number of hydrogen-bond donors (Lipinski definition) is 1. The lowest BCUT2D eigenvalue weighted by Gasteiger charge is -2.33. The van der Waals surface area contributed by atoms with Gasteiger partial charge >= 0.3 is 0 Å². The molecular formula is C27H30FN5O3S. The zero-order chi connectivity index (χ0) is 26.3. The van der Waals surface area contributed by atoms with Crippen LogP contribution in [-0.2, 0) is 10.0 Å². The average molecular weight is 524 g/mol. The molecule has 1 aromatic heterocycles. The van der Waals surface area contributed by atoms with Gasteiger partial charge in [0.25, 0.3) is 5.91 Å². The standard InChI is InChI=1S/C27H30FN5O3S/c1-20-7-2-3-13-33(20)14-6-12-32-37(35,36)25-11-4-8-21(15-25)17-31-27(34)23-18-29-26(30-19-23)22-9-5-10-24(28)16-22/h4-5,8-11,15-20,32H,2-3,6-7,12-14H2,1H3. The van der Waals surface area contributed by atoms with E-state index in [1.54, 1.807) is 24.3 Å². The van der Waals surface area contributed by atoms with E-state index in [2.05, 4.69) is 31.5 Å². The number of nitrogens with one attached hydrogen (secondary N) is 1. The lowest BCUT2D eigenvalue weighted by molar-refractivity contribution is 0.100. The molecule has 2 aromatic carbocycles. The van der Waals surface area contributed by atoms with Crippen LogP contribution in [0.1, 0.15) is 48.5 Å². The minimum absolute atomic E-state index is 0.109. The van der Waals surface area contributed by atoms with E-state index in [1.165, 1.54) is 62.1 Å². The third-order valence-electron chi connectivity index (χ3n) is 6.34. The molecule has 3 aromatic rings. The Morgan fingerprint density at radius 1 is 1.16 bits per heavy atom. The monoisotopic (exact) mass is 523 g/mol. The summed E-state index contributed by atoms with van der Waals surface area (Å²) >= 11 is 0. The molecule has 0 radical (unpaired) electrons. The van der Waals surface area contributed by atoms with Gasteiger partial charge in [0.15, 0.2) is 5.82 Å². The van der Waals surface area contributed by atoms with Crippen LogP contribution in [0.15, 0.2) is 70.8 Å².